The molecule has 21 heavy (non-hydrogen) atoms. The first-order valence-electron chi connectivity index (χ1n) is 5.72. The molecule has 0 saturated carbocycles. The maximum atomic E-state index is 13.7. The fraction of sp³-hybridized carbons (Fsp3) is 0. The van der Waals surface area contributed by atoms with Crippen molar-refractivity contribution in [3.8, 4) is 6.07 Å². The molecule has 0 radical (unpaired) electrons. The Morgan fingerprint density at radius 2 is 2.05 bits per heavy atom. The molecule has 0 aliphatic carbocycles. The van der Waals surface area contributed by atoms with E-state index in [-0.39, 0.29) is 16.8 Å². The van der Waals surface area contributed by atoms with Gasteiger partial charge in [0.15, 0.2) is 0 Å². The van der Waals surface area contributed by atoms with Crippen molar-refractivity contribution in [3.05, 3.63) is 59.2 Å². The van der Waals surface area contributed by atoms with Crippen molar-refractivity contribution in [2.45, 2.75) is 0 Å². The summed E-state index contributed by atoms with van der Waals surface area (Å²) >= 11 is 0. The monoisotopic (exact) mass is 285 g/mol. The highest BCUT2D eigenvalue weighted by atomic mass is 19.1. The van der Waals surface area contributed by atoms with E-state index in [0.29, 0.717) is 0 Å². The number of halogens is 1. The molecule has 2 rings (SSSR count). The highest BCUT2D eigenvalue weighted by Gasteiger charge is 2.17. The molecular formula is C14H8FN3O3. The maximum absolute atomic E-state index is 13.7. The quantitative estimate of drug-likeness (QED) is 0.898. The van der Waals surface area contributed by atoms with E-state index in [4.69, 9.17) is 10.4 Å². The van der Waals surface area contributed by atoms with Gasteiger partial charge in [-0.25, -0.2) is 14.2 Å². The number of nitrogens with zero attached hydrogens (tertiary/aromatic N) is 2. The van der Waals surface area contributed by atoms with Crippen LogP contribution in [-0.2, 0) is 0 Å². The molecule has 0 aliphatic rings. The number of para-hydroxylation sites is 1. The lowest BCUT2D eigenvalue weighted by Crippen LogP contribution is -2.17. The largest absolute Gasteiger partial charge is 0.478 e. The van der Waals surface area contributed by atoms with Crippen molar-refractivity contribution in [1.82, 2.24) is 4.98 Å². The molecule has 104 valence electrons. The van der Waals surface area contributed by atoms with Crippen LogP contribution >= 0.6 is 0 Å². The number of benzene rings is 1. The van der Waals surface area contributed by atoms with Gasteiger partial charge in [0, 0.05) is 6.20 Å². The Hall–Kier alpha value is -3.27. The minimum absolute atomic E-state index is 0.0615. The number of hydrogen-bond acceptors (Lipinski definition) is 4. The van der Waals surface area contributed by atoms with E-state index in [1.54, 1.807) is 0 Å². The third-order valence-corrected chi connectivity index (χ3v) is 2.61. The third kappa shape index (κ3) is 3.01. The summed E-state index contributed by atoms with van der Waals surface area (Å²) in [6, 6.07) is 7.95. The molecule has 0 aliphatic heterocycles. The number of anilines is 1. The first kappa shape index (κ1) is 14.1. The Kier molecular flexibility index (Phi) is 3.90. The van der Waals surface area contributed by atoms with Crippen LogP contribution < -0.4 is 5.32 Å². The van der Waals surface area contributed by atoms with Gasteiger partial charge in [0.1, 0.15) is 17.6 Å². The van der Waals surface area contributed by atoms with Gasteiger partial charge in [-0.15, -0.1) is 0 Å². The van der Waals surface area contributed by atoms with Gasteiger partial charge in [-0.1, -0.05) is 6.07 Å². The molecule has 0 bridgehead atoms. The van der Waals surface area contributed by atoms with Crippen LogP contribution in [0.3, 0.4) is 0 Å². The molecule has 1 amide bonds. The third-order valence-electron chi connectivity index (χ3n) is 2.61. The van der Waals surface area contributed by atoms with Gasteiger partial charge in [-0.2, -0.15) is 5.26 Å². The van der Waals surface area contributed by atoms with E-state index in [9.17, 15) is 14.0 Å². The molecule has 7 heteroatoms. The number of hydrogen-bond donors (Lipinski definition) is 2. The smallest absolute Gasteiger partial charge is 0.337 e. The lowest BCUT2D eigenvalue weighted by atomic mass is 10.1. The Morgan fingerprint density at radius 3 is 2.62 bits per heavy atom. The molecular weight excluding hydrogens is 277 g/mol. The van der Waals surface area contributed by atoms with E-state index in [1.807, 2.05) is 6.07 Å². The number of carboxylic acids is 1. The van der Waals surface area contributed by atoms with Crippen molar-refractivity contribution in [3.63, 3.8) is 0 Å². The van der Waals surface area contributed by atoms with Crippen LogP contribution in [0.15, 0.2) is 36.5 Å². The first-order chi connectivity index (χ1) is 10.0. The van der Waals surface area contributed by atoms with Crippen LogP contribution in [0.2, 0.25) is 0 Å². The standard InChI is InChI=1S/C14H8FN3O3/c15-10-3-1-2-9(14(20)21)12(10)18-13(19)11-5-4-8(6-16)7-17-11/h1-5,7H,(H,18,19)(H,20,21). The SMILES string of the molecule is N#Cc1ccc(C(=O)Nc2c(F)cccc2C(=O)O)nc1. The van der Waals surface area contributed by atoms with Crippen molar-refractivity contribution >= 4 is 17.6 Å². The van der Waals surface area contributed by atoms with Crippen molar-refractivity contribution < 1.29 is 19.1 Å². The van der Waals surface area contributed by atoms with Crippen molar-refractivity contribution in [1.29, 1.82) is 5.26 Å². The first-order valence-corrected chi connectivity index (χ1v) is 5.72. The number of rotatable bonds is 3. The van der Waals surface area contributed by atoms with E-state index >= 15 is 0 Å². The molecule has 0 unspecified atom stereocenters. The molecule has 1 aromatic heterocycles. The van der Waals surface area contributed by atoms with Crippen LogP contribution in [0.5, 0.6) is 0 Å². The average molecular weight is 285 g/mol. The Bertz CT molecular complexity index is 751. The molecule has 0 spiro atoms. The molecule has 2 N–H and O–H groups in total. The fourth-order valence-corrected chi connectivity index (χ4v) is 1.60. The number of nitriles is 1. The van der Waals surface area contributed by atoms with Gasteiger partial charge < -0.3 is 10.4 Å². The van der Waals surface area contributed by atoms with Crippen LogP contribution in [0.4, 0.5) is 10.1 Å². The van der Waals surface area contributed by atoms with Crippen molar-refractivity contribution in [2.75, 3.05) is 5.32 Å². The molecule has 0 fully saturated rings. The number of carbonyl (C=O) groups excluding carboxylic acids is 1. The van der Waals surface area contributed by atoms with Gasteiger partial charge >= 0.3 is 5.97 Å². The number of carbonyl (C=O) groups is 2. The molecule has 1 aromatic carbocycles. The van der Waals surface area contributed by atoms with E-state index in [0.717, 1.165) is 6.07 Å². The van der Waals surface area contributed by atoms with E-state index in [2.05, 4.69) is 10.3 Å². The number of nitrogens with one attached hydrogen (secondary N) is 1. The second kappa shape index (κ2) is 5.79. The molecule has 2 aromatic rings. The van der Waals surface area contributed by atoms with Crippen LogP contribution in [0.25, 0.3) is 0 Å². The van der Waals surface area contributed by atoms with E-state index < -0.39 is 23.4 Å². The molecule has 1 heterocycles. The zero-order valence-electron chi connectivity index (χ0n) is 10.5. The van der Waals surface area contributed by atoms with E-state index in [1.165, 1.54) is 30.5 Å². The van der Waals surface area contributed by atoms with Crippen LogP contribution in [0.1, 0.15) is 26.4 Å². The van der Waals surface area contributed by atoms with Gasteiger partial charge in [-0.05, 0) is 24.3 Å². The van der Waals surface area contributed by atoms with Crippen molar-refractivity contribution in [2.24, 2.45) is 0 Å². The Morgan fingerprint density at radius 1 is 1.29 bits per heavy atom. The summed E-state index contributed by atoms with van der Waals surface area (Å²) in [6.07, 6.45) is 1.19. The summed E-state index contributed by atoms with van der Waals surface area (Å²) in [5.41, 5.74) is -0.588. The fourth-order valence-electron chi connectivity index (χ4n) is 1.60. The molecule has 0 atom stereocenters. The average Bonchev–Trinajstić information content (AvgIpc) is 2.49. The Labute approximate surface area is 118 Å². The second-order valence-corrected chi connectivity index (χ2v) is 3.97. The molecule has 6 nitrogen and oxygen atoms in total. The summed E-state index contributed by atoms with van der Waals surface area (Å²) in [4.78, 5) is 26.7. The summed E-state index contributed by atoms with van der Waals surface area (Å²) in [6.45, 7) is 0. The van der Waals surface area contributed by atoms with Gasteiger partial charge in [-0.3, -0.25) is 4.79 Å². The lowest BCUT2D eigenvalue weighted by Gasteiger charge is -2.09. The minimum atomic E-state index is -1.36. The molecule has 0 saturated heterocycles. The predicted octanol–water partition coefficient (Wildman–Crippen LogP) is 2.04. The van der Waals surface area contributed by atoms with Crippen LogP contribution in [-0.4, -0.2) is 22.0 Å². The van der Waals surface area contributed by atoms with Gasteiger partial charge in [0.25, 0.3) is 5.91 Å². The normalized spacial score (nSPS) is 9.71. The summed E-state index contributed by atoms with van der Waals surface area (Å²) in [5, 5.41) is 19.8. The summed E-state index contributed by atoms with van der Waals surface area (Å²) in [7, 11) is 0. The number of aromatic carboxylic acids is 1. The predicted molar refractivity (Wildman–Crippen MR) is 70.3 cm³/mol. The topological polar surface area (TPSA) is 103 Å². The number of carboxylic acid groups (broad SMARTS) is 1. The van der Waals surface area contributed by atoms with Gasteiger partial charge in [0.2, 0.25) is 0 Å². The lowest BCUT2D eigenvalue weighted by molar-refractivity contribution is 0.0697. The minimum Gasteiger partial charge on any atom is -0.478 e. The zero-order valence-corrected chi connectivity index (χ0v) is 10.5. The Balaban J connectivity index is 2.31. The zero-order chi connectivity index (χ0) is 15.4. The maximum Gasteiger partial charge on any atom is 0.337 e. The number of amides is 1. The highest BCUT2D eigenvalue weighted by Crippen LogP contribution is 2.20. The second-order valence-electron chi connectivity index (χ2n) is 3.97. The number of aromatic nitrogens is 1. The van der Waals surface area contributed by atoms with Crippen LogP contribution in [0, 0.1) is 17.1 Å². The highest BCUT2D eigenvalue weighted by molar-refractivity contribution is 6.06. The number of pyridine rings is 1. The summed E-state index contributed by atoms with van der Waals surface area (Å²) < 4.78 is 13.7. The van der Waals surface area contributed by atoms with Gasteiger partial charge in [0.05, 0.1) is 16.8 Å². The summed E-state index contributed by atoms with van der Waals surface area (Å²) in [5.74, 6) is -3.00.